The zero-order valence-electron chi connectivity index (χ0n) is 10.1. The van der Waals surface area contributed by atoms with Crippen molar-refractivity contribution in [2.45, 2.75) is 18.9 Å². The summed E-state index contributed by atoms with van der Waals surface area (Å²) in [6.07, 6.45) is 3.68. The second-order valence-corrected chi connectivity index (χ2v) is 5.44. The van der Waals surface area contributed by atoms with Gasteiger partial charge in [-0.25, -0.2) is 4.98 Å². The number of hydrogen-bond acceptors (Lipinski definition) is 5. The Morgan fingerprint density at radius 3 is 3.11 bits per heavy atom. The van der Waals surface area contributed by atoms with E-state index in [1.165, 1.54) is 6.07 Å². The molecule has 2 heterocycles. The third-order valence-electron chi connectivity index (χ3n) is 3.00. The van der Waals surface area contributed by atoms with E-state index in [1.807, 2.05) is 0 Å². The van der Waals surface area contributed by atoms with E-state index in [1.54, 1.807) is 6.20 Å². The molecule has 0 bridgehead atoms. The Balaban J connectivity index is 2.15. The number of piperidine rings is 1. The van der Waals surface area contributed by atoms with E-state index in [2.05, 4.69) is 38.2 Å². The maximum Gasteiger partial charge on any atom is 0.312 e. The highest BCUT2D eigenvalue weighted by Gasteiger charge is 2.22. The van der Waals surface area contributed by atoms with Gasteiger partial charge in [-0.2, -0.15) is 0 Å². The molecule has 7 heteroatoms. The first-order valence-corrected chi connectivity index (χ1v) is 6.60. The Morgan fingerprint density at radius 1 is 1.67 bits per heavy atom. The molecule has 2 rings (SSSR count). The number of aromatic nitrogens is 1. The fourth-order valence-corrected chi connectivity index (χ4v) is 2.48. The van der Waals surface area contributed by atoms with Crippen LogP contribution >= 0.6 is 15.9 Å². The van der Waals surface area contributed by atoms with Gasteiger partial charge >= 0.3 is 5.69 Å². The van der Waals surface area contributed by atoms with Crippen molar-refractivity contribution in [1.29, 1.82) is 0 Å². The molecular formula is C11H15BrN4O2. The number of likely N-dealkylation sites (N-methyl/N-ethyl adjacent to an activating group) is 1. The number of likely N-dealkylation sites (tertiary alicyclic amines) is 1. The molecule has 1 N–H and O–H groups in total. The minimum Gasteiger partial charge on any atom is -0.360 e. The largest absolute Gasteiger partial charge is 0.360 e. The summed E-state index contributed by atoms with van der Waals surface area (Å²) >= 11 is 3.20. The molecule has 1 aromatic rings. The molecule has 1 unspecified atom stereocenters. The first kappa shape index (κ1) is 13.2. The molecule has 1 aliphatic heterocycles. The average molecular weight is 315 g/mol. The van der Waals surface area contributed by atoms with Gasteiger partial charge in [0.15, 0.2) is 0 Å². The van der Waals surface area contributed by atoms with Gasteiger partial charge in [0.25, 0.3) is 0 Å². The predicted molar refractivity (Wildman–Crippen MR) is 72.7 cm³/mol. The topological polar surface area (TPSA) is 71.3 Å². The fraction of sp³-hybridized carbons (Fsp3) is 0.545. The van der Waals surface area contributed by atoms with E-state index in [0.29, 0.717) is 10.3 Å². The summed E-state index contributed by atoms with van der Waals surface area (Å²) in [5.74, 6) is 0.350. The lowest BCUT2D eigenvalue weighted by atomic mass is 10.1. The SMILES string of the molecule is CN1CCCC(Nc2ncc(Br)cc2[N+](=O)[O-])C1. The monoisotopic (exact) mass is 314 g/mol. The van der Waals surface area contributed by atoms with Gasteiger partial charge < -0.3 is 10.2 Å². The molecule has 18 heavy (non-hydrogen) atoms. The standard InChI is InChI=1S/C11H15BrN4O2/c1-15-4-2-3-9(7-15)14-11-10(16(17)18)5-8(12)6-13-11/h5-6,9H,2-4,7H2,1H3,(H,13,14). The van der Waals surface area contributed by atoms with Gasteiger partial charge in [-0.3, -0.25) is 10.1 Å². The summed E-state index contributed by atoms with van der Waals surface area (Å²) in [6, 6.07) is 1.69. The van der Waals surface area contributed by atoms with Crippen LogP contribution in [0.5, 0.6) is 0 Å². The Kier molecular flexibility index (Phi) is 4.13. The van der Waals surface area contributed by atoms with Gasteiger partial charge in [-0.1, -0.05) is 0 Å². The fourth-order valence-electron chi connectivity index (χ4n) is 2.16. The molecule has 0 amide bonds. The Morgan fingerprint density at radius 2 is 2.44 bits per heavy atom. The van der Waals surface area contributed by atoms with Crippen molar-refractivity contribution in [3.8, 4) is 0 Å². The zero-order valence-corrected chi connectivity index (χ0v) is 11.7. The minimum atomic E-state index is -0.410. The molecule has 0 aliphatic carbocycles. The van der Waals surface area contributed by atoms with Crippen molar-refractivity contribution in [2.75, 3.05) is 25.5 Å². The Bertz CT molecular complexity index is 455. The van der Waals surface area contributed by atoms with Gasteiger partial charge in [0.05, 0.1) is 4.92 Å². The third kappa shape index (κ3) is 3.17. The summed E-state index contributed by atoms with van der Waals surface area (Å²) in [6.45, 7) is 1.96. The highest BCUT2D eigenvalue weighted by molar-refractivity contribution is 9.10. The number of nitro groups is 1. The van der Waals surface area contributed by atoms with E-state index < -0.39 is 4.92 Å². The molecule has 98 valence electrons. The van der Waals surface area contributed by atoms with Crippen molar-refractivity contribution in [3.63, 3.8) is 0 Å². The molecule has 1 fully saturated rings. The lowest BCUT2D eigenvalue weighted by Crippen LogP contribution is -2.40. The van der Waals surface area contributed by atoms with Crippen molar-refractivity contribution in [2.24, 2.45) is 0 Å². The van der Waals surface area contributed by atoms with Crippen LogP contribution in [-0.2, 0) is 0 Å². The Hall–Kier alpha value is -1.21. The summed E-state index contributed by atoms with van der Waals surface area (Å²) in [4.78, 5) is 16.9. The highest BCUT2D eigenvalue weighted by atomic mass is 79.9. The van der Waals surface area contributed by atoms with Gasteiger partial charge in [-0.15, -0.1) is 0 Å². The maximum atomic E-state index is 11.0. The summed E-state index contributed by atoms with van der Waals surface area (Å²) in [5.41, 5.74) is 0.0117. The van der Waals surface area contributed by atoms with Crippen LogP contribution in [0.4, 0.5) is 11.5 Å². The van der Waals surface area contributed by atoms with E-state index in [9.17, 15) is 10.1 Å². The lowest BCUT2D eigenvalue weighted by Gasteiger charge is -2.30. The predicted octanol–water partition coefficient (Wildman–Crippen LogP) is 2.26. The normalized spacial score (nSPS) is 20.7. The molecular weight excluding hydrogens is 300 g/mol. The van der Waals surface area contributed by atoms with E-state index in [-0.39, 0.29) is 11.7 Å². The molecule has 0 aromatic carbocycles. The smallest absolute Gasteiger partial charge is 0.312 e. The minimum absolute atomic E-state index is 0.0117. The van der Waals surface area contributed by atoms with Crippen molar-refractivity contribution < 1.29 is 4.92 Å². The second-order valence-electron chi connectivity index (χ2n) is 4.52. The van der Waals surface area contributed by atoms with Crippen LogP contribution in [0.25, 0.3) is 0 Å². The first-order valence-electron chi connectivity index (χ1n) is 5.81. The van der Waals surface area contributed by atoms with Crippen molar-refractivity contribution in [3.05, 3.63) is 26.9 Å². The van der Waals surface area contributed by atoms with Gasteiger partial charge in [0, 0.05) is 29.3 Å². The molecule has 1 atom stereocenters. The van der Waals surface area contributed by atoms with Crippen LogP contribution in [0.1, 0.15) is 12.8 Å². The van der Waals surface area contributed by atoms with Crippen molar-refractivity contribution in [1.82, 2.24) is 9.88 Å². The van der Waals surface area contributed by atoms with Crippen LogP contribution < -0.4 is 5.32 Å². The number of pyridine rings is 1. The van der Waals surface area contributed by atoms with Crippen LogP contribution in [0.15, 0.2) is 16.7 Å². The second kappa shape index (κ2) is 5.62. The zero-order chi connectivity index (χ0) is 13.1. The molecule has 0 spiro atoms. The third-order valence-corrected chi connectivity index (χ3v) is 3.43. The number of nitrogens with zero attached hydrogens (tertiary/aromatic N) is 3. The summed E-state index contributed by atoms with van der Waals surface area (Å²) in [5, 5.41) is 14.1. The number of halogens is 1. The lowest BCUT2D eigenvalue weighted by molar-refractivity contribution is -0.384. The van der Waals surface area contributed by atoms with Gasteiger partial charge in [0.1, 0.15) is 0 Å². The number of anilines is 1. The van der Waals surface area contributed by atoms with Gasteiger partial charge in [-0.05, 0) is 42.4 Å². The number of rotatable bonds is 3. The van der Waals surface area contributed by atoms with E-state index >= 15 is 0 Å². The molecule has 6 nitrogen and oxygen atoms in total. The van der Waals surface area contributed by atoms with Crippen LogP contribution in [0.2, 0.25) is 0 Å². The van der Waals surface area contributed by atoms with Crippen LogP contribution in [-0.4, -0.2) is 41.0 Å². The molecule has 1 saturated heterocycles. The molecule has 1 aliphatic rings. The number of nitrogens with one attached hydrogen (secondary N) is 1. The van der Waals surface area contributed by atoms with Gasteiger partial charge in [0.2, 0.25) is 5.82 Å². The van der Waals surface area contributed by atoms with E-state index in [0.717, 1.165) is 25.9 Å². The van der Waals surface area contributed by atoms with E-state index in [4.69, 9.17) is 0 Å². The molecule has 0 saturated carbocycles. The highest BCUT2D eigenvalue weighted by Crippen LogP contribution is 2.26. The van der Waals surface area contributed by atoms with Crippen molar-refractivity contribution >= 4 is 27.4 Å². The Labute approximate surface area is 114 Å². The molecule has 1 aromatic heterocycles. The van der Waals surface area contributed by atoms with Crippen LogP contribution in [0, 0.1) is 10.1 Å². The summed E-state index contributed by atoms with van der Waals surface area (Å²) in [7, 11) is 2.05. The average Bonchev–Trinajstić information content (AvgIpc) is 2.31. The molecule has 0 radical (unpaired) electrons. The maximum absolute atomic E-state index is 11.0. The quantitative estimate of drug-likeness (QED) is 0.684. The first-order chi connectivity index (χ1) is 8.56. The summed E-state index contributed by atoms with van der Waals surface area (Å²) < 4.78 is 0.612. The van der Waals surface area contributed by atoms with Crippen LogP contribution in [0.3, 0.4) is 0 Å². The number of hydrogen-bond donors (Lipinski definition) is 1.